The molecule has 1 amide bonds. The minimum atomic E-state index is 0.0602. The summed E-state index contributed by atoms with van der Waals surface area (Å²) in [6, 6.07) is 10.7. The molecule has 2 aliphatic rings. The third-order valence-electron chi connectivity index (χ3n) is 6.26. The molecule has 1 aromatic heterocycles. The number of likely N-dealkylation sites (tertiary alicyclic amines) is 1. The largest absolute Gasteiger partial charge is 0.347 e. The van der Waals surface area contributed by atoms with Gasteiger partial charge in [0, 0.05) is 26.7 Å². The van der Waals surface area contributed by atoms with Crippen molar-refractivity contribution >= 4 is 11.9 Å². The number of hydrogen-bond donors (Lipinski definition) is 2. The van der Waals surface area contributed by atoms with Crippen molar-refractivity contribution in [2.45, 2.75) is 51.6 Å². The molecule has 0 spiro atoms. The number of carbonyl (C=O) groups excluding carboxylic acids is 1. The van der Waals surface area contributed by atoms with Gasteiger partial charge in [0.25, 0.3) is 0 Å². The van der Waals surface area contributed by atoms with E-state index in [-0.39, 0.29) is 18.5 Å². The first-order chi connectivity index (χ1) is 15.1. The summed E-state index contributed by atoms with van der Waals surface area (Å²) in [5.74, 6) is 3.15. The summed E-state index contributed by atoms with van der Waals surface area (Å²) in [5, 5.41) is 11.1. The molecule has 2 aromatic rings. The molecule has 166 valence electrons. The lowest BCUT2D eigenvalue weighted by Crippen LogP contribution is -2.48. The lowest BCUT2D eigenvalue weighted by atomic mass is 9.90. The van der Waals surface area contributed by atoms with Crippen molar-refractivity contribution in [3.63, 3.8) is 0 Å². The topological polar surface area (TPSA) is 87.4 Å². The third kappa shape index (κ3) is 5.42. The van der Waals surface area contributed by atoms with E-state index in [1.165, 1.54) is 5.56 Å². The summed E-state index contributed by atoms with van der Waals surface area (Å²) >= 11 is 0. The number of aliphatic imine (C=N–C) groups is 1. The number of aryl methyl sites for hydroxylation is 2. The van der Waals surface area contributed by atoms with E-state index in [0.29, 0.717) is 11.9 Å². The highest BCUT2D eigenvalue weighted by Crippen LogP contribution is 2.23. The van der Waals surface area contributed by atoms with Crippen LogP contribution in [0.3, 0.4) is 0 Å². The average molecular weight is 424 g/mol. The van der Waals surface area contributed by atoms with Gasteiger partial charge in [0.05, 0.1) is 12.6 Å². The monoisotopic (exact) mass is 423 g/mol. The summed E-state index contributed by atoms with van der Waals surface area (Å²) in [5.41, 5.74) is 1.39. The van der Waals surface area contributed by atoms with Crippen LogP contribution < -0.4 is 10.6 Å². The Morgan fingerprint density at radius 1 is 1.16 bits per heavy atom. The SMILES string of the molecule is CN=C(NCC(=O)N1CCC(Cc2ccccc2)CC1)NC1CCCn2nc(C)nc21. The van der Waals surface area contributed by atoms with Gasteiger partial charge in [-0.05, 0) is 50.5 Å². The van der Waals surface area contributed by atoms with Gasteiger partial charge in [-0.15, -0.1) is 0 Å². The zero-order valence-electron chi connectivity index (χ0n) is 18.5. The number of fused-ring (bicyclic) bond motifs is 1. The summed E-state index contributed by atoms with van der Waals surface area (Å²) < 4.78 is 1.97. The highest BCUT2D eigenvalue weighted by Gasteiger charge is 2.26. The number of guanidine groups is 1. The van der Waals surface area contributed by atoms with Gasteiger partial charge in [-0.2, -0.15) is 5.10 Å². The minimum Gasteiger partial charge on any atom is -0.347 e. The maximum Gasteiger partial charge on any atom is 0.241 e. The first-order valence-electron chi connectivity index (χ1n) is 11.3. The summed E-state index contributed by atoms with van der Waals surface area (Å²) in [6.45, 7) is 4.72. The van der Waals surface area contributed by atoms with Gasteiger partial charge in [-0.3, -0.25) is 9.79 Å². The fraction of sp³-hybridized carbons (Fsp3) is 0.565. The van der Waals surface area contributed by atoms with E-state index < -0.39 is 0 Å². The molecule has 4 rings (SSSR count). The molecule has 1 aromatic carbocycles. The van der Waals surface area contributed by atoms with Crippen molar-refractivity contribution in [3.8, 4) is 0 Å². The smallest absolute Gasteiger partial charge is 0.241 e. The Morgan fingerprint density at radius 2 is 1.94 bits per heavy atom. The molecule has 31 heavy (non-hydrogen) atoms. The van der Waals surface area contributed by atoms with E-state index in [1.54, 1.807) is 7.05 Å². The Kier molecular flexibility index (Phi) is 6.84. The lowest BCUT2D eigenvalue weighted by Gasteiger charge is -2.32. The molecule has 1 fully saturated rings. The molecule has 1 saturated heterocycles. The number of nitrogens with one attached hydrogen (secondary N) is 2. The summed E-state index contributed by atoms with van der Waals surface area (Å²) in [6.07, 6.45) is 5.24. The lowest BCUT2D eigenvalue weighted by molar-refractivity contribution is -0.131. The summed E-state index contributed by atoms with van der Waals surface area (Å²) in [4.78, 5) is 23.6. The maximum atomic E-state index is 12.7. The van der Waals surface area contributed by atoms with Crippen LogP contribution in [-0.2, 0) is 17.8 Å². The molecular weight excluding hydrogens is 390 g/mol. The third-order valence-corrected chi connectivity index (χ3v) is 6.26. The Labute approximate surface area is 184 Å². The van der Waals surface area contributed by atoms with Gasteiger partial charge in [-0.25, -0.2) is 9.67 Å². The molecule has 8 nitrogen and oxygen atoms in total. The first-order valence-corrected chi connectivity index (χ1v) is 11.3. The van der Waals surface area contributed by atoms with Crippen LogP contribution in [0.5, 0.6) is 0 Å². The number of benzene rings is 1. The molecule has 0 bridgehead atoms. The molecule has 0 radical (unpaired) electrons. The zero-order chi connectivity index (χ0) is 21.6. The van der Waals surface area contributed by atoms with Gasteiger partial charge < -0.3 is 15.5 Å². The first kappa shape index (κ1) is 21.3. The zero-order valence-corrected chi connectivity index (χ0v) is 18.5. The Balaban J connectivity index is 1.23. The van der Waals surface area contributed by atoms with Crippen molar-refractivity contribution in [2.24, 2.45) is 10.9 Å². The fourth-order valence-electron chi connectivity index (χ4n) is 4.57. The molecule has 2 aliphatic heterocycles. The van der Waals surface area contributed by atoms with Crippen molar-refractivity contribution in [1.29, 1.82) is 0 Å². The van der Waals surface area contributed by atoms with E-state index >= 15 is 0 Å². The van der Waals surface area contributed by atoms with Gasteiger partial charge in [0.15, 0.2) is 5.96 Å². The van der Waals surface area contributed by atoms with E-state index in [0.717, 1.165) is 63.4 Å². The van der Waals surface area contributed by atoms with Crippen molar-refractivity contribution in [1.82, 2.24) is 30.3 Å². The minimum absolute atomic E-state index is 0.0602. The molecule has 1 atom stereocenters. The van der Waals surface area contributed by atoms with Crippen molar-refractivity contribution in [2.75, 3.05) is 26.7 Å². The van der Waals surface area contributed by atoms with Crippen LogP contribution >= 0.6 is 0 Å². The number of amides is 1. The molecule has 0 aliphatic carbocycles. The van der Waals surface area contributed by atoms with Crippen LogP contribution in [0.2, 0.25) is 0 Å². The van der Waals surface area contributed by atoms with Gasteiger partial charge >= 0.3 is 0 Å². The van der Waals surface area contributed by atoms with Crippen LogP contribution in [0.15, 0.2) is 35.3 Å². The highest BCUT2D eigenvalue weighted by atomic mass is 16.2. The Morgan fingerprint density at radius 3 is 2.68 bits per heavy atom. The standard InChI is InChI=1S/C23H33N7O/c1-17-26-22-20(9-6-12-30(22)28-17)27-23(24-2)25-16-21(31)29-13-10-19(11-14-29)15-18-7-4-3-5-8-18/h3-5,7-8,19-20H,6,9-16H2,1-2H3,(H2,24,25,27). The van der Waals surface area contributed by atoms with E-state index in [2.05, 4.69) is 56.0 Å². The van der Waals surface area contributed by atoms with Gasteiger partial charge in [0.1, 0.15) is 11.6 Å². The summed E-state index contributed by atoms with van der Waals surface area (Å²) in [7, 11) is 1.73. The van der Waals surface area contributed by atoms with Crippen LogP contribution in [-0.4, -0.2) is 58.2 Å². The molecule has 0 saturated carbocycles. The van der Waals surface area contributed by atoms with E-state index in [9.17, 15) is 4.79 Å². The number of carbonyl (C=O) groups is 1. The molecular formula is C23H33N7O. The maximum absolute atomic E-state index is 12.7. The second-order valence-corrected chi connectivity index (χ2v) is 8.52. The van der Waals surface area contributed by atoms with Crippen LogP contribution in [0.25, 0.3) is 0 Å². The van der Waals surface area contributed by atoms with Crippen LogP contribution in [0.1, 0.15) is 48.9 Å². The van der Waals surface area contributed by atoms with Crippen LogP contribution in [0, 0.1) is 12.8 Å². The molecule has 8 heteroatoms. The van der Waals surface area contributed by atoms with Crippen LogP contribution in [0.4, 0.5) is 0 Å². The quantitative estimate of drug-likeness (QED) is 0.568. The second kappa shape index (κ2) is 9.94. The average Bonchev–Trinajstić information content (AvgIpc) is 3.18. The number of rotatable bonds is 5. The van der Waals surface area contributed by atoms with Gasteiger partial charge in [-0.1, -0.05) is 30.3 Å². The molecule has 2 N–H and O–H groups in total. The highest BCUT2D eigenvalue weighted by molar-refractivity contribution is 5.86. The predicted octanol–water partition coefficient (Wildman–Crippen LogP) is 2.07. The Hall–Kier alpha value is -2.90. The number of hydrogen-bond acceptors (Lipinski definition) is 4. The van der Waals surface area contributed by atoms with E-state index in [1.807, 2.05) is 16.5 Å². The fourth-order valence-corrected chi connectivity index (χ4v) is 4.57. The number of aromatic nitrogens is 3. The number of piperidine rings is 1. The Bertz CT molecular complexity index is 900. The predicted molar refractivity (Wildman–Crippen MR) is 121 cm³/mol. The van der Waals surface area contributed by atoms with E-state index in [4.69, 9.17) is 0 Å². The van der Waals surface area contributed by atoms with Crippen molar-refractivity contribution in [3.05, 3.63) is 47.5 Å². The van der Waals surface area contributed by atoms with Crippen molar-refractivity contribution < 1.29 is 4.79 Å². The molecule has 1 unspecified atom stereocenters. The second-order valence-electron chi connectivity index (χ2n) is 8.52. The normalized spacial score (nSPS) is 19.7. The molecule has 3 heterocycles. The number of nitrogens with zero attached hydrogens (tertiary/aromatic N) is 5. The van der Waals surface area contributed by atoms with Gasteiger partial charge in [0.2, 0.25) is 5.91 Å².